The number of carboxylic acids is 1. The average Bonchev–Trinajstić information content (AvgIpc) is 2.48. The van der Waals surface area contributed by atoms with Gasteiger partial charge in [0, 0.05) is 27.3 Å². The van der Waals surface area contributed by atoms with E-state index in [2.05, 4.69) is 4.98 Å². The number of pyridine rings is 1. The highest BCUT2D eigenvalue weighted by Crippen LogP contribution is 2.09. The number of fused-ring (bicyclic) bond motifs is 1. The molecule has 22 heavy (non-hydrogen) atoms. The Morgan fingerprint density at radius 1 is 1.27 bits per heavy atom. The highest BCUT2D eigenvalue weighted by atomic mass is 16.4. The van der Waals surface area contributed by atoms with E-state index >= 15 is 0 Å². The van der Waals surface area contributed by atoms with Crippen LogP contribution in [0.1, 0.15) is 10.4 Å². The lowest BCUT2D eigenvalue weighted by Gasteiger charge is -2.14. The Morgan fingerprint density at radius 2 is 1.91 bits per heavy atom. The van der Waals surface area contributed by atoms with Crippen molar-refractivity contribution in [3.63, 3.8) is 0 Å². The number of carbonyl (C=O) groups is 2. The van der Waals surface area contributed by atoms with E-state index in [-0.39, 0.29) is 16.6 Å². The molecule has 0 aliphatic carbocycles. The molecule has 0 aliphatic rings. The van der Waals surface area contributed by atoms with Crippen LogP contribution in [0, 0.1) is 0 Å². The zero-order valence-corrected chi connectivity index (χ0v) is 12.2. The summed E-state index contributed by atoms with van der Waals surface area (Å²) in [4.78, 5) is 51.6. The zero-order chi connectivity index (χ0) is 16.6. The maximum absolute atomic E-state index is 12.1. The van der Waals surface area contributed by atoms with Crippen LogP contribution in [0.15, 0.2) is 21.9 Å². The number of amides is 1. The second kappa shape index (κ2) is 5.43. The van der Waals surface area contributed by atoms with Crippen molar-refractivity contribution in [2.45, 2.75) is 0 Å². The highest BCUT2D eigenvalue weighted by Gasteiger charge is 2.17. The van der Waals surface area contributed by atoms with Crippen LogP contribution in [0.25, 0.3) is 11.0 Å². The van der Waals surface area contributed by atoms with Crippen molar-refractivity contribution >= 4 is 22.9 Å². The molecule has 9 nitrogen and oxygen atoms in total. The van der Waals surface area contributed by atoms with Crippen LogP contribution in [0.4, 0.5) is 0 Å². The molecule has 2 aromatic rings. The van der Waals surface area contributed by atoms with Gasteiger partial charge in [0.05, 0.1) is 10.9 Å². The number of carboxylic acid groups (broad SMARTS) is 1. The molecule has 1 amide bonds. The Balaban J connectivity index is 2.61. The monoisotopic (exact) mass is 306 g/mol. The molecule has 2 heterocycles. The Kier molecular flexibility index (Phi) is 3.81. The van der Waals surface area contributed by atoms with E-state index in [1.165, 1.54) is 38.0 Å². The van der Waals surface area contributed by atoms with E-state index in [0.717, 1.165) is 9.47 Å². The molecule has 9 heteroatoms. The number of nitrogens with zero attached hydrogens (tertiary/aromatic N) is 4. The first-order valence-electron chi connectivity index (χ1n) is 6.27. The molecule has 0 atom stereocenters. The molecule has 0 aromatic carbocycles. The largest absolute Gasteiger partial charge is 0.480 e. The lowest BCUT2D eigenvalue weighted by molar-refractivity contribution is -0.137. The average molecular weight is 306 g/mol. The third-order valence-corrected chi connectivity index (χ3v) is 3.26. The second-order valence-corrected chi connectivity index (χ2v) is 4.86. The van der Waals surface area contributed by atoms with Crippen molar-refractivity contribution in [1.29, 1.82) is 0 Å². The first kappa shape index (κ1) is 15.4. The maximum atomic E-state index is 12.1. The van der Waals surface area contributed by atoms with Crippen molar-refractivity contribution in [1.82, 2.24) is 19.0 Å². The third kappa shape index (κ3) is 2.48. The van der Waals surface area contributed by atoms with Gasteiger partial charge in [-0.15, -0.1) is 0 Å². The molecule has 0 aliphatic heterocycles. The van der Waals surface area contributed by atoms with Gasteiger partial charge in [0.15, 0.2) is 0 Å². The molecule has 0 spiro atoms. The summed E-state index contributed by atoms with van der Waals surface area (Å²) in [6, 6.07) is 1.31. The van der Waals surface area contributed by atoms with Crippen molar-refractivity contribution in [3.8, 4) is 0 Å². The smallest absolute Gasteiger partial charge is 0.332 e. The maximum Gasteiger partial charge on any atom is 0.332 e. The van der Waals surface area contributed by atoms with Gasteiger partial charge in [0.1, 0.15) is 12.2 Å². The van der Waals surface area contributed by atoms with Gasteiger partial charge < -0.3 is 10.0 Å². The van der Waals surface area contributed by atoms with Gasteiger partial charge in [-0.3, -0.25) is 23.5 Å². The minimum absolute atomic E-state index is 0.0759. The quantitative estimate of drug-likeness (QED) is 0.761. The van der Waals surface area contributed by atoms with Crippen molar-refractivity contribution in [2.75, 3.05) is 13.6 Å². The van der Waals surface area contributed by atoms with Gasteiger partial charge in [0.25, 0.3) is 11.5 Å². The predicted molar refractivity (Wildman–Crippen MR) is 76.8 cm³/mol. The number of likely N-dealkylation sites (N-methyl/N-ethyl adjacent to an activating group) is 1. The van der Waals surface area contributed by atoms with Crippen molar-refractivity contribution in [3.05, 3.63) is 38.7 Å². The number of aromatic nitrogens is 3. The molecule has 0 saturated carbocycles. The van der Waals surface area contributed by atoms with Crippen LogP contribution >= 0.6 is 0 Å². The first-order chi connectivity index (χ1) is 10.2. The van der Waals surface area contributed by atoms with Gasteiger partial charge in [-0.1, -0.05) is 0 Å². The zero-order valence-electron chi connectivity index (χ0n) is 12.2. The van der Waals surface area contributed by atoms with Gasteiger partial charge in [-0.2, -0.15) is 0 Å². The molecule has 1 N–H and O–H groups in total. The summed E-state index contributed by atoms with van der Waals surface area (Å²) >= 11 is 0. The predicted octanol–water partition coefficient (Wildman–Crippen LogP) is -1.21. The third-order valence-electron chi connectivity index (χ3n) is 3.26. The number of hydrogen-bond acceptors (Lipinski definition) is 5. The molecule has 0 unspecified atom stereocenters. The fourth-order valence-corrected chi connectivity index (χ4v) is 2.08. The lowest BCUT2D eigenvalue weighted by atomic mass is 10.2. The summed E-state index contributed by atoms with van der Waals surface area (Å²) in [5, 5.41) is 8.81. The molecule has 0 radical (unpaired) electrons. The molecule has 0 fully saturated rings. The number of aryl methyl sites for hydroxylation is 1. The Morgan fingerprint density at radius 3 is 2.50 bits per heavy atom. The Bertz CT molecular complexity index is 896. The lowest BCUT2D eigenvalue weighted by Crippen LogP contribution is -2.37. The van der Waals surface area contributed by atoms with E-state index in [1.54, 1.807) is 0 Å². The van der Waals surface area contributed by atoms with Gasteiger partial charge in [0.2, 0.25) is 0 Å². The Hall–Kier alpha value is -2.97. The van der Waals surface area contributed by atoms with E-state index in [0.29, 0.717) is 0 Å². The van der Waals surface area contributed by atoms with E-state index in [9.17, 15) is 19.2 Å². The molecule has 2 aromatic heterocycles. The van der Waals surface area contributed by atoms with Crippen LogP contribution in [-0.2, 0) is 18.9 Å². The topological polar surface area (TPSA) is 114 Å². The molecule has 0 bridgehead atoms. The summed E-state index contributed by atoms with van der Waals surface area (Å²) < 4.78 is 2.12. The summed E-state index contributed by atoms with van der Waals surface area (Å²) in [5.41, 5.74) is -0.856. The van der Waals surface area contributed by atoms with Crippen molar-refractivity contribution < 1.29 is 14.7 Å². The van der Waals surface area contributed by atoms with E-state index < -0.39 is 29.7 Å². The van der Waals surface area contributed by atoms with Crippen LogP contribution in [0.5, 0.6) is 0 Å². The molecular weight excluding hydrogens is 292 g/mol. The summed E-state index contributed by atoms with van der Waals surface area (Å²) in [5.74, 6) is -1.73. The van der Waals surface area contributed by atoms with Gasteiger partial charge in [-0.05, 0) is 6.07 Å². The minimum atomic E-state index is -1.15. The molecular formula is C13H14N4O5. The van der Waals surface area contributed by atoms with E-state index in [4.69, 9.17) is 5.11 Å². The number of aliphatic carboxylic acids is 1. The molecule has 0 saturated heterocycles. The minimum Gasteiger partial charge on any atom is -0.480 e. The summed E-state index contributed by atoms with van der Waals surface area (Å²) in [7, 11) is 4.13. The molecule has 116 valence electrons. The fraction of sp³-hybridized carbons (Fsp3) is 0.308. The second-order valence-electron chi connectivity index (χ2n) is 4.86. The van der Waals surface area contributed by atoms with Crippen LogP contribution in [-0.4, -0.2) is 49.6 Å². The normalized spacial score (nSPS) is 10.7. The van der Waals surface area contributed by atoms with Crippen molar-refractivity contribution in [2.24, 2.45) is 14.1 Å². The number of hydrogen-bond donors (Lipinski definition) is 1. The van der Waals surface area contributed by atoms with Crippen LogP contribution in [0.3, 0.4) is 0 Å². The molecule has 2 rings (SSSR count). The summed E-state index contributed by atoms with van der Waals surface area (Å²) in [6.07, 6.45) is 1.21. The number of carbonyl (C=O) groups excluding carboxylic acids is 1. The Labute approximate surface area is 124 Å². The first-order valence-corrected chi connectivity index (χ1v) is 6.27. The highest BCUT2D eigenvalue weighted by molar-refractivity contribution is 5.97. The standard InChI is InChI=1S/C13H14N4O5/c1-15(6-9(18)19)11(20)7-4-8-10(14-5-7)16(2)13(22)17(3)12(8)21/h4-5H,6H2,1-3H3,(H,18,19). The van der Waals surface area contributed by atoms with Crippen LogP contribution in [0.2, 0.25) is 0 Å². The SMILES string of the molecule is CN(CC(=O)O)C(=O)c1cnc2c(c1)c(=O)n(C)c(=O)n2C. The number of rotatable bonds is 3. The van der Waals surface area contributed by atoms with Crippen LogP contribution < -0.4 is 11.2 Å². The van der Waals surface area contributed by atoms with E-state index in [1.807, 2.05) is 0 Å². The summed E-state index contributed by atoms with van der Waals surface area (Å²) in [6.45, 7) is -0.470. The fourth-order valence-electron chi connectivity index (χ4n) is 2.08. The van der Waals surface area contributed by atoms with Gasteiger partial charge in [-0.25, -0.2) is 9.78 Å². The van der Waals surface area contributed by atoms with Gasteiger partial charge >= 0.3 is 11.7 Å².